The minimum Gasteiger partial charge on any atom is -0.377 e. The second kappa shape index (κ2) is 5.12. The maximum atomic E-state index is 11.0. The Hall–Kier alpha value is -1.51. The highest BCUT2D eigenvalue weighted by molar-refractivity contribution is 7.18. The van der Waals surface area contributed by atoms with Gasteiger partial charge in [0.05, 0.1) is 29.6 Å². The number of anilines is 1. The van der Waals surface area contributed by atoms with E-state index < -0.39 is 4.92 Å². The van der Waals surface area contributed by atoms with E-state index in [9.17, 15) is 10.1 Å². The normalized spacial score (nSPS) is 19.5. The maximum Gasteiger partial charge on any atom is 0.306 e. The Kier molecular flexibility index (Phi) is 3.45. The van der Waals surface area contributed by atoms with Crippen molar-refractivity contribution in [1.82, 2.24) is 9.97 Å². The predicted octanol–water partition coefficient (Wildman–Crippen LogP) is 2.48. The first-order valence-corrected chi connectivity index (χ1v) is 7.27. The standard InChI is InChI=1S/C11H11ClN4O3S/c1-6-4-19-3-2-15(6)10-9-8(13-11(12)14-10)7(5-20-9)16(17)18/h5-6H,2-4H2,1H3/t6-/m1/s1. The molecule has 3 heterocycles. The molecule has 2 aromatic heterocycles. The average Bonchev–Trinajstić information content (AvgIpc) is 2.82. The van der Waals surface area contributed by atoms with Crippen molar-refractivity contribution in [3.05, 3.63) is 20.8 Å². The van der Waals surface area contributed by atoms with Crippen LogP contribution in [-0.2, 0) is 4.74 Å². The van der Waals surface area contributed by atoms with Crippen molar-refractivity contribution in [2.45, 2.75) is 13.0 Å². The number of thiophene rings is 1. The molecule has 1 fully saturated rings. The fourth-order valence-corrected chi connectivity index (χ4v) is 3.35. The van der Waals surface area contributed by atoms with Crippen LogP contribution >= 0.6 is 22.9 Å². The fraction of sp³-hybridized carbons (Fsp3) is 0.455. The van der Waals surface area contributed by atoms with Gasteiger partial charge in [-0.05, 0) is 18.5 Å². The van der Waals surface area contributed by atoms with Crippen LogP contribution in [0.1, 0.15) is 6.92 Å². The van der Waals surface area contributed by atoms with Crippen LogP contribution in [0, 0.1) is 10.1 Å². The Balaban J connectivity index is 2.17. The summed E-state index contributed by atoms with van der Waals surface area (Å²) in [6, 6.07) is 0.138. The molecule has 1 atom stereocenters. The van der Waals surface area contributed by atoms with Gasteiger partial charge in [0.1, 0.15) is 4.70 Å². The van der Waals surface area contributed by atoms with Crippen LogP contribution in [0.3, 0.4) is 0 Å². The molecule has 106 valence electrons. The molecule has 0 radical (unpaired) electrons. The summed E-state index contributed by atoms with van der Waals surface area (Å²) in [6.07, 6.45) is 0. The zero-order chi connectivity index (χ0) is 14.3. The molecule has 2 aromatic rings. The lowest BCUT2D eigenvalue weighted by Crippen LogP contribution is -2.44. The number of ether oxygens (including phenoxy) is 1. The third-order valence-corrected chi connectivity index (χ3v) is 4.31. The lowest BCUT2D eigenvalue weighted by molar-refractivity contribution is -0.382. The molecule has 0 unspecified atom stereocenters. The molecule has 0 aliphatic carbocycles. The number of hydrogen-bond donors (Lipinski definition) is 0. The zero-order valence-electron chi connectivity index (χ0n) is 10.6. The van der Waals surface area contributed by atoms with Crippen LogP contribution in [0.2, 0.25) is 5.28 Å². The van der Waals surface area contributed by atoms with E-state index in [4.69, 9.17) is 16.3 Å². The summed E-state index contributed by atoms with van der Waals surface area (Å²) in [5.74, 6) is 0.647. The number of aromatic nitrogens is 2. The van der Waals surface area contributed by atoms with E-state index in [-0.39, 0.29) is 17.0 Å². The van der Waals surface area contributed by atoms with Gasteiger partial charge >= 0.3 is 5.69 Å². The van der Waals surface area contributed by atoms with Gasteiger partial charge in [0.2, 0.25) is 5.28 Å². The van der Waals surface area contributed by atoms with Gasteiger partial charge in [-0.1, -0.05) is 0 Å². The van der Waals surface area contributed by atoms with Crippen molar-refractivity contribution >= 4 is 44.7 Å². The minimum absolute atomic E-state index is 0.0210. The first-order chi connectivity index (χ1) is 9.58. The Bertz CT molecular complexity index is 677. The molecule has 9 heteroatoms. The third kappa shape index (κ3) is 2.19. The van der Waals surface area contributed by atoms with Gasteiger partial charge in [-0.2, -0.15) is 4.98 Å². The van der Waals surface area contributed by atoms with Crippen LogP contribution in [0.4, 0.5) is 11.5 Å². The molecule has 20 heavy (non-hydrogen) atoms. The smallest absolute Gasteiger partial charge is 0.306 e. The second-order valence-electron chi connectivity index (χ2n) is 4.49. The quantitative estimate of drug-likeness (QED) is 0.481. The Morgan fingerprint density at radius 2 is 2.40 bits per heavy atom. The van der Waals surface area contributed by atoms with E-state index >= 15 is 0 Å². The summed E-state index contributed by atoms with van der Waals surface area (Å²) in [5.41, 5.74) is 0.269. The molecule has 1 aliphatic heterocycles. The summed E-state index contributed by atoms with van der Waals surface area (Å²) in [4.78, 5) is 20.9. The predicted molar refractivity (Wildman–Crippen MR) is 76.7 cm³/mol. The molecular formula is C11H11ClN4O3S. The van der Waals surface area contributed by atoms with Gasteiger partial charge in [0.25, 0.3) is 0 Å². The van der Waals surface area contributed by atoms with Gasteiger partial charge in [-0.3, -0.25) is 10.1 Å². The lowest BCUT2D eigenvalue weighted by atomic mass is 10.2. The fourth-order valence-electron chi connectivity index (χ4n) is 2.23. The highest BCUT2D eigenvalue weighted by Crippen LogP contribution is 2.37. The molecule has 1 saturated heterocycles. The summed E-state index contributed by atoms with van der Waals surface area (Å²) < 4.78 is 6.09. The molecule has 0 saturated carbocycles. The number of halogens is 1. The van der Waals surface area contributed by atoms with Gasteiger partial charge in [0, 0.05) is 6.54 Å². The van der Waals surface area contributed by atoms with E-state index in [1.807, 2.05) is 6.92 Å². The molecule has 0 aromatic carbocycles. The van der Waals surface area contributed by atoms with Gasteiger partial charge in [0.15, 0.2) is 11.3 Å². The Morgan fingerprint density at radius 3 is 3.10 bits per heavy atom. The second-order valence-corrected chi connectivity index (χ2v) is 5.71. The van der Waals surface area contributed by atoms with E-state index in [0.29, 0.717) is 35.8 Å². The van der Waals surface area contributed by atoms with E-state index in [1.54, 1.807) is 0 Å². The van der Waals surface area contributed by atoms with Crippen LogP contribution in [0.15, 0.2) is 5.38 Å². The monoisotopic (exact) mass is 314 g/mol. The van der Waals surface area contributed by atoms with Crippen molar-refractivity contribution < 1.29 is 9.66 Å². The molecule has 0 bridgehead atoms. The molecule has 0 amide bonds. The summed E-state index contributed by atoms with van der Waals surface area (Å²) >= 11 is 7.19. The number of nitro groups is 1. The molecular weight excluding hydrogens is 304 g/mol. The average molecular weight is 315 g/mol. The first kappa shape index (κ1) is 13.5. The number of fused-ring (bicyclic) bond motifs is 1. The van der Waals surface area contributed by atoms with Crippen molar-refractivity contribution in [1.29, 1.82) is 0 Å². The van der Waals surface area contributed by atoms with E-state index in [0.717, 1.165) is 0 Å². The van der Waals surface area contributed by atoms with Crippen LogP contribution in [0.25, 0.3) is 10.2 Å². The molecule has 0 spiro atoms. The minimum atomic E-state index is -0.450. The Labute approximate surface area is 123 Å². The zero-order valence-corrected chi connectivity index (χ0v) is 12.1. The Morgan fingerprint density at radius 1 is 1.60 bits per heavy atom. The van der Waals surface area contributed by atoms with Crippen molar-refractivity contribution in [3.63, 3.8) is 0 Å². The lowest BCUT2D eigenvalue weighted by Gasteiger charge is -2.34. The van der Waals surface area contributed by atoms with Crippen LogP contribution < -0.4 is 4.90 Å². The van der Waals surface area contributed by atoms with E-state index in [2.05, 4.69) is 14.9 Å². The molecule has 0 N–H and O–H groups in total. The maximum absolute atomic E-state index is 11.0. The summed E-state index contributed by atoms with van der Waals surface area (Å²) in [7, 11) is 0. The number of rotatable bonds is 2. The third-order valence-electron chi connectivity index (χ3n) is 3.19. The highest BCUT2D eigenvalue weighted by Gasteiger charge is 2.27. The summed E-state index contributed by atoms with van der Waals surface area (Å²) in [6.45, 7) is 3.88. The molecule has 1 aliphatic rings. The van der Waals surface area contributed by atoms with Crippen molar-refractivity contribution in [2.24, 2.45) is 0 Å². The van der Waals surface area contributed by atoms with Gasteiger partial charge in [-0.25, -0.2) is 4.98 Å². The van der Waals surface area contributed by atoms with Crippen molar-refractivity contribution in [3.8, 4) is 0 Å². The van der Waals surface area contributed by atoms with Gasteiger partial charge < -0.3 is 9.64 Å². The number of nitrogens with zero attached hydrogens (tertiary/aromatic N) is 4. The van der Waals surface area contributed by atoms with Crippen LogP contribution in [-0.4, -0.2) is 40.7 Å². The molecule has 7 nitrogen and oxygen atoms in total. The first-order valence-electron chi connectivity index (χ1n) is 6.01. The van der Waals surface area contributed by atoms with Gasteiger partial charge in [-0.15, -0.1) is 11.3 Å². The largest absolute Gasteiger partial charge is 0.377 e. The highest BCUT2D eigenvalue weighted by atomic mass is 35.5. The topological polar surface area (TPSA) is 81.4 Å². The van der Waals surface area contributed by atoms with E-state index in [1.165, 1.54) is 16.7 Å². The number of morpholine rings is 1. The SMILES string of the molecule is C[C@@H]1COCCN1c1nc(Cl)nc2c([N+](=O)[O-])csc12. The van der Waals surface area contributed by atoms with Crippen LogP contribution in [0.5, 0.6) is 0 Å². The van der Waals surface area contributed by atoms with Crippen molar-refractivity contribution in [2.75, 3.05) is 24.7 Å². The molecule has 3 rings (SSSR count). The number of hydrogen-bond acceptors (Lipinski definition) is 7. The summed E-state index contributed by atoms with van der Waals surface area (Å²) in [5, 5.41) is 12.5.